The van der Waals surface area contributed by atoms with Gasteiger partial charge in [0.2, 0.25) is 17.6 Å². The molecule has 13 nitrogen and oxygen atoms in total. The minimum atomic E-state index is 0.478. The number of rotatable bonds is 18. The van der Waals surface area contributed by atoms with E-state index in [0.717, 1.165) is 96.5 Å². The molecule has 11 aromatic rings. The van der Waals surface area contributed by atoms with Gasteiger partial charge in [0.05, 0.1) is 77.2 Å². The molecule has 7 aromatic carbocycles. The Morgan fingerprint density at radius 3 is 1.20 bits per heavy atom. The monoisotopic (exact) mass is 1280 g/mol. The lowest BCUT2D eigenvalue weighted by Crippen LogP contribution is -2.33. The third kappa shape index (κ3) is 16.2. The molecule has 1 saturated heterocycles. The summed E-state index contributed by atoms with van der Waals surface area (Å²) in [6.07, 6.45) is 10.4. The van der Waals surface area contributed by atoms with Gasteiger partial charge in [0, 0.05) is 73.5 Å². The van der Waals surface area contributed by atoms with E-state index in [1.807, 2.05) is 140 Å². The molecule has 0 N–H and O–H groups in total. The Bertz CT molecular complexity index is 3990. The van der Waals surface area contributed by atoms with Crippen LogP contribution in [0, 0.1) is 0 Å². The summed E-state index contributed by atoms with van der Waals surface area (Å²) in [6.45, 7) is 8.52. The lowest BCUT2D eigenvalue weighted by molar-refractivity contribution is 0.180. The fourth-order valence-electron chi connectivity index (χ4n) is 10.3. The summed E-state index contributed by atoms with van der Waals surface area (Å²) in [5, 5.41) is 17.0. The molecule has 0 radical (unpaired) electrons. The van der Waals surface area contributed by atoms with Crippen LogP contribution < -0.4 is 14.2 Å². The van der Waals surface area contributed by atoms with Crippen LogP contribution in [-0.4, -0.2) is 101 Å². The van der Waals surface area contributed by atoms with Crippen molar-refractivity contribution in [3.05, 3.63) is 248 Å². The topological polar surface area (TPSA) is 105 Å². The van der Waals surface area contributed by atoms with E-state index in [-0.39, 0.29) is 0 Å². The van der Waals surface area contributed by atoms with Crippen LogP contribution in [0.5, 0.6) is 17.6 Å². The van der Waals surface area contributed by atoms with Gasteiger partial charge in [-0.2, -0.15) is 0 Å². The van der Waals surface area contributed by atoms with Gasteiger partial charge in [-0.05, 0) is 98.1 Å². The van der Waals surface area contributed by atoms with Gasteiger partial charge in [-0.25, -0.2) is 19.0 Å². The van der Waals surface area contributed by atoms with Crippen molar-refractivity contribution < 1.29 is 14.2 Å². The van der Waals surface area contributed by atoms with Crippen molar-refractivity contribution >= 4 is 69.6 Å². The molecule has 87 heavy (non-hydrogen) atoms. The maximum Gasteiger partial charge on any atom is 0.233 e. The average Bonchev–Trinajstić information content (AvgIpc) is 4.25. The Morgan fingerprint density at radius 2 is 0.782 bits per heavy atom. The van der Waals surface area contributed by atoms with E-state index in [2.05, 4.69) is 73.5 Å². The van der Waals surface area contributed by atoms with Gasteiger partial charge in [0.1, 0.15) is 19.8 Å². The summed E-state index contributed by atoms with van der Waals surface area (Å²) in [5.41, 5.74) is 11.3. The first-order chi connectivity index (χ1) is 42.6. The number of hydrogen-bond acceptors (Lipinski definition) is 9. The molecule has 2 aliphatic heterocycles. The summed E-state index contributed by atoms with van der Waals surface area (Å²) in [7, 11) is 0. The van der Waals surface area contributed by atoms with E-state index in [9.17, 15) is 0 Å². The van der Waals surface area contributed by atoms with Gasteiger partial charge >= 0.3 is 0 Å². The van der Waals surface area contributed by atoms with Crippen LogP contribution in [0.1, 0.15) is 30.4 Å². The molecule has 1 fully saturated rings. The Labute approximate surface area is 536 Å². The second-order valence-corrected chi connectivity index (χ2v) is 23.2. The molecule has 0 aliphatic carbocycles. The number of imidazole rings is 1. The van der Waals surface area contributed by atoms with Gasteiger partial charge in [0.15, 0.2) is 0 Å². The van der Waals surface area contributed by atoms with Crippen LogP contribution in [0.15, 0.2) is 207 Å². The molecular weight excluding hydrogens is 1220 g/mol. The number of hydrogen-bond donors (Lipinski definition) is 0. The summed E-state index contributed by atoms with van der Waals surface area (Å²) < 4.78 is 25.4. The van der Waals surface area contributed by atoms with Crippen molar-refractivity contribution in [2.45, 2.75) is 38.8 Å². The minimum absolute atomic E-state index is 0.478. The lowest BCUT2D eigenvalue weighted by Gasteiger charge is -2.28. The maximum absolute atomic E-state index is 6.26. The molecule has 13 rings (SSSR count). The highest BCUT2D eigenvalue weighted by atomic mass is 35.5. The van der Waals surface area contributed by atoms with Gasteiger partial charge in [-0.15, -0.1) is 15.3 Å². The highest BCUT2D eigenvalue weighted by Gasteiger charge is 2.20. The summed E-state index contributed by atoms with van der Waals surface area (Å²) >= 11 is 36.9. The minimum Gasteiger partial charge on any atom is -0.475 e. The Hall–Kier alpha value is -7.56. The smallest absolute Gasteiger partial charge is 0.233 e. The standard InChI is InChI=1S/C26H23Cl2N3O.C22H23Cl2N3O.C20H16Cl2N4O/c27-23-11-10-22(16-24(23)28)31-25(20-7-2-1-3-8-20)17-26(29-31)32-15-14-30-13-12-19-6-4-5-9-21(19)18-30;23-19-10-9-18(15-20(19)24)27-21(17-7-3-1-4-8-17)16-22(25-27)28-14-13-26-11-5-2-6-12-26;21-17-7-6-16(12-18(17)22)26-19(15-4-2-1-3-5-15)13-20(24-26)27-11-10-25-9-8-23-14-25/h1-11,16-17H,12-15,18H2;1,3-4,7-10,15-16H,2,5-6,11-14H2;1-9,12-14H,10-11H2. The SMILES string of the molecule is Clc1ccc(-n2nc(OCCN3CCCCC3)cc2-c2ccccc2)cc1Cl.Clc1ccc(-n2nc(OCCN3CCc4ccccc4C3)cc2-c2ccccc2)cc1Cl.Clc1ccc(-n2nc(OCCn3ccnc3)cc2-c2ccccc2)cc1Cl. The van der Waals surface area contributed by atoms with E-state index in [1.54, 1.807) is 36.8 Å². The van der Waals surface area contributed by atoms with Crippen molar-refractivity contribution in [3.8, 4) is 68.5 Å². The second-order valence-electron chi connectivity index (χ2n) is 20.8. The number of fused-ring (bicyclic) bond motifs is 1. The van der Waals surface area contributed by atoms with Gasteiger partial charge < -0.3 is 18.8 Å². The van der Waals surface area contributed by atoms with Crippen molar-refractivity contribution in [2.24, 2.45) is 0 Å². The fraction of sp³-hybridized carbons (Fsp3) is 0.206. The van der Waals surface area contributed by atoms with Crippen LogP contribution in [0.2, 0.25) is 30.1 Å². The Kier molecular flexibility index (Phi) is 21.0. The quantitative estimate of drug-likeness (QED) is 0.0830. The van der Waals surface area contributed by atoms with E-state index in [4.69, 9.17) is 88.9 Å². The Balaban J connectivity index is 0.000000136. The third-order valence-electron chi connectivity index (χ3n) is 14.8. The zero-order chi connectivity index (χ0) is 59.9. The van der Waals surface area contributed by atoms with Gasteiger partial charge in [0.25, 0.3) is 0 Å². The van der Waals surface area contributed by atoms with Crippen LogP contribution in [0.3, 0.4) is 0 Å². The van der Waals surface area contributed by atoms with Crippen LogP contribution in [-0.2, 0) is 19.5 Å². The number of nitrogens with zero attached hydrogens (tertiary/aromatic N) is 10. The van der Waals surface area contributed by atoms with Crippen molar-refractivity contribution in [1.82, 2.24) is 48.7 Å². The number of halogens is 6. The summed E-state index contributed by atoms with van der Waals surface area (Å²) in [6, 6.07) is 61.3. The van der Waals surface area contributed by atoms with Crippen LogP contribution in [0.4, 0.5) is 0 Å². The van der Waals surface area contributed by atoms with Crippen LogP contribution >= 0.6 is 69.6 Å². The largest absolute Gasteiger partial charge is 0.475 e. The maximum atomic E-state index is 6.26. The first-order valence-electron chi connectivity index (χ1n) is 28.8. The average molecular weight is 1280 g/mol. The first-order valence-corrected chi connectivity index (χ1v) is 31.0. The molecule has 6 heterocycles. The number of ether oxygens (including phenoxy) is 3. The number of benzene rings is 7. The van der Waals surface area contributed by atoms with E-state index < -0.39 is 0 Å². The molecule has 4 aromatic heterocycles. The second kappa shape index (κ2) is 29.9. The predicted molar refractivity (Wildman–Crippen MR) is 351 cm³/mol. The number of aromatic nitrogens is 8. The molecule has 0 bridgehead atoms. The fourth-order valence-corrected chi connectivity index (χ4v) is 11.2. The van der Waals surface area contributed by atoms with E-state index in [1.165, 1.54) is 30.4 Å². The normalized spacial score (nSPS) is 13.2. The summed E-state index contributed by atoms with van der Waals surface area (Å²) in [5.74, 6) is 1.74. The van der Waals surface area contributed by atoms with Gasteiger partial charge in [-0.1, -0.05) is 191 Å². The molecule has 19 heteroatoms. The van der Waals surface area contributed by atoms with Gasteiger partial charge in [-0.3, -0.25) is 9.80 Å². The third-order valence-corrected chi connectivity index (χ3v) is 17.1. The molecule has 444 valence electrons. The zero-order valence-electron chi connectivity index (χ0n) is 47.5. The molecule has 0 spiro atoms. The van der Waals surface area contributed by atoms with Crippen molar-refractivity contribution in [1.29, 1.82) is 0 Å². The van der Waals surface area contributed by atoms with E-state index in [0.29, 0.717) is 74.1 Å². The zero-order valence-corrected chi connectivity index (χ0v) is 52.0. The highest BCUT2D eigenvalue weighted by Crippen LogP contribution is 2.34. The first kappa shape index (κ1) is 61.1. The molecule has 0 atom stereocenters. The summed E-state index contributed by atoms with van der Waals surface area (Å²) in [4.78, 5) is 8.91. The van der Waals surface area contributed by atoms with Crippen LogP contribution in [0.25, 0.3) is 50.8 Å². The lowest BCUT2D eigenvalue weighted by atomic mass is 10.0. The van der Waals surface area contributed by atoms with Crippen molar-refractivity contribution in [3.63, 3.8) is 0 Å². The Morgan fingerprint density at radius 1 is 0.379 bits per heavy atom. The highest BCUT2D eigenvalue weighted by molar-refractivity contribution is 6.43. The number of likely N-dealkylation sites (tertiary alicyclic amines) is 1. The predicted octanol–water partition coefficient (Wildman–Crippen LogP) is 17.1. The molecule has 0 saturated carbocycles. The molecule has 2 aliphatic rings. The van der Waals surface area contributed by atoms with E-state index >= 15 is 0 Å². The number of piperidine rings is 1. The molecule has 0 unspecified atom stereocenters. The van der Waals surface area contributed by atoms with Crippen molar-refractivity contribution in [2.75, 3.05) is 52.5 Å². The molecule has 0 amide bonds. The molecular formula is C68H62Cl6N10O3.